The lowest BCUT2D eigenvalue weighted by atomic mass is 9.94. The maximum atomic E-state index is 11.4. The summed E-state index contributed by atoms with van der Waals surface area (Å²) in [6, 6.07) is 6.66. The van der Waals surface area contributed by atoms with E-state index in [1.165, 1.54) is 0 Å². The Labute approximate surface area is 99.9 Å². The van der Waals surface area contributed by atoms with E-state index in [1.54, 1.807) is 38.1 Å². The number of hydrazine groups is 1. The Kier molecular flexibility index (Phi) is 4.23. The first-order valence-corrected chi connectivity index (χ1v) is 5.18. The minimum absolute atomic E-state index is 0.205. The van der Waals surface area contributed by atoms with Crippen molar-refractivity contribution in [1.29, 1.82) is 0 Å². The van der Waals surface area contributed by atoms with Crippen LogP contribution in [0.5, 0.6) is 5.75 Å². The molecule has 0 spiro atoms. The lowest BCUT2D eigenvalue weighted by molar-refractivity contribution is -0.130. The van der Waals surface area contributed by atoms with Crippen molar-refractivity contribution < 1.29 is 14.3 Å². The van der Waals surface area contributed by atoms with Crippen LogP contribution in [0.3, 0.4) is 0 Å². The molecule has 0 heterocycles. The van der Waals surface area contributed by atoms with Crippen LogP contribution in [-0.2, 0) is 4.79 Å². The SMILES string of the molecule is CC(C)(COc1ccc(C=O)cc1)C(=O)NN. The number of hydrogen-bond donors (Lipinski definition) is 2. The van der Waals surface area contributed by atoms with Gasteiger partial charge in [0.2, 0.25) is 5.91 Å². The summed E-state index contributed by atoms with van der Waals surface area (Å²) >= 11 is 0. The molecular weight excluding hydrogens is 220 g/mol. The second-order valence-electron chi connectivity index (χ2n) is 4.33. The molecule has 0 aliphatic heterocycles. The van der Waals surface area contributed by atoms with Crippen LogP contribution in [-0.4, -0.2) is 18.8 Å². The lowest BCUT2D eigenvalue weighted by Crippen LogP contribution is -2.44. The smallest absolute Gasteiger partial charge is 0.242 e. The lowest BCUT2D eigenvalue weighted by Gasteiger charge is -2.22. The van der Waals surface area contributed by atoms with Gasteiger partial charge in [-0.25, -0.2) is 5.84 Å². The maximum absolute atomic E-state index is 11.4. The highest BCUT2D eigenvalue weighted by molar-refractivity contribution is 5.81. The van der Waals surface area contributed by atoms with Gasteiger partial charge in [0.25, 0.3) is 0 Å². The van der Waals surface area contributed by atoms with Crippen molar-refractivity contribution in [2.75, 3.05) is 6.61 Å². The molecule has 0 unspecified atom stereocenters. The molecule has 5 nitrogen and oxygen atoms in total. The summed E-state index contributed by atoms with van der Waals surface area (Å²) in [7, 11) is 0. The van der Waals surface area contributed by atoms with Crippen LogP contribution in [0.15, 0.2) is 24.3 Å². The Morgan fingerprint density at radius 1 is 1.41 bits per heavy atom. The fourth-order valence-electron chi connectivity index (χ4n) is 1.17. The number of nitrogens with one attached hydrogen (secondary N) is 1. The van der Waals surface area contributed by atoms with Crippen molar-refractivity contribution in [3.05, 3.63) is 29.8 Å². The highest BCUT2D eigenvalue weighted by Crippen LogP contribution is 2.18. The van der Waals surface area contributed by atoms with E-state index >= 15 is 0 Å². The van der Waals surface area contributed by atoms with Gasteiger partial charge < -0.3 is 4.74 Å². The van der Waals surface area contributed by atoms with Gasteiger partial charge in [-0.1, -0.05) is 0 Å². The number of nitrogens with two attached hydrogens (primary N) is 1. The number of carbonyl (C=O) groups excluding carboxylic acids is 2. The van der Waals surface area contributed by atoms with Crippen LogP contribution in [0, 0.1) is 5.41 Å². The fourth-order valence-corrected chi connectivity index (χ4v) is 1.17. The number of aldehydes is 1. The second-order valence-corrected chi connectivity index (χ2v) is 4.33. The summed E-state index contributed by atoms with van der Waals surface area (Å²) in [5, 5.41) is 0. The first kappa shape index (κ1) is 13.2. The number of hydrogen-bond acceptors (Lipinski definition) is 4. The standard InChI is InChI=1S/C12H16N2O3/c1-12(2,11(16)14-13)8-17-10-5-3-9(7-15)4-6-10/h3-7H,8,13H2,1-2H3,(H,14,16). The van der Waals surface area contributed by atoms with Crippen molar-refractivity contribution in [3.8, 4) is 5.75 Å². The minimum atomic E-state index is -0.710. The monoisotopic (exact) mass is 236 g/mol. The van der Waals surface area contributed by atoms with Gasteiger partial charge >= 0.3 is 0 Å². The van der Waals surface area contributed by atoms with E-state index < -0.39 is 5.41 Å². The highest BCUT2D eigenvalue weighted by Gasteiger charge is 2.27. The molecule has 5 heteroatoms. The molecule has 0 aliphatic carbocycles. The van der Waals surface area contributed by atoms with Gasteiger partial charge in [-0.05, 0) is 38.1 Å². The average Bonchev–Trinajstić information content (AvgIpc) is 2.36. The van der Waals surface area contributed by atoms with Crippen molar-refractivity contribution >= 4 is 12.2 Å². The maximum Gasteiger partial charge on any atom is 0.242 e. The van der Waals surface area contributed by atoms with E-state index in [0.29, 0.717) is 11.3 Å². The van der Waals surface area contributed by atoms with Gasteiger partial charge in [-0.2, -0.15) is 0 Å². The molecule has 0 aliphatic rings. The summed E-state index contributed by atoms with van der Waals surface area (Å²) in [6.07, 6.45) is 0.760. The predicted octanol–water partition coefficient (Wildman–Crippen LogP) is 0.894. The van der Waals surface area contributed by atoms with Gasteiger partial charge in [0, 0.05) is 5.56 Å². The molecule has 17 heavy (non-hydrogen) atoms. The quantitative estimate of drug-likeness (QED) is 0.344. The second kappa shape index (κ2) is 5.45. The molecule has 0 bridgehead atoms. The zero-order valence-corrected chi connectivity index (χ0v) is 9.90. The Balaban J connectivity index is 2.60. The molecule has 0 atom stereocenters. The number of carbonyl (C=O) groups is 2. The average molecular weight is 236 g/mol. The first-order chi connectivity index (χ1) is 7.99. The Bertz CT molecular complexity index is 399. The summed E-state index contributed by atoms with van der Waals surface area (Å²) in [6.45, 7) is 3.67. The molecule has 0 saturated heterocycles. The molecule has 1 amide bonds. The molecule has 0 radical (unpaired) electrons. The van der Waals surface area contributed by atoms with E-state index in [4.69, 9.17) is 10.6 Å². The zero-order chi connectivity index (χ0) is 12.9. The number of amides is 1. The molecule has 0 saturated carbocycles. The Hall–Kier alpha value is -1.88. The van der Waals surface area contributed by atoms with Crippen LogP contribution < -0.4 is 16.0 Å². The van der Waals surface area contributed by atoms with Gasteiger partial charge in [-0.15, -0.1) is 0 Å². The van der Waals surface area contributed by atoms with E-state index in [9.17, 15) is 9.59 Å². The number of rotatable bonds is 5. The topological polar surface area (TPSA) is 81.4 Å². The van der Waals surface area contributed by atoms with Crippen molar-refractivity contribution in [2.24, 2.45) is 11.3 Å². The summed E-state index contributed by atoms with van der Waals surface area (Å²) < 4.78 is 5.46. The fraction of sp³-hybridized carbons (Fsp3) is 0.333. The molecule has 1 aromatic carbocycles. The molecule has 1 rings (SSSR count). The van der Waals surface area contributed by atoms with Gasteiger partial charge in [0.1, 0.15) is 18.6 Å². The van der Waals surface area contributed by atoms with Gasteiger partial charge in [0.05, 0.1) is 5.41 Å². The number of ether oxygens (including phenoxy) is 1. The third-order valence-electron chi connectivity index (χ3n) is 2.36. The largest absolute Gasteiger partial charge is 0.492 e. The van der Waals surface area contributed by atoms with Gasteiger partial charge in [-0.3, -0.25) is 15.0 Å². The normalized spacial score (nSPS) is 10.8. The van der Waals surface area contributed by atoms with Crippen molar-refractivity contribution in [3.63, 3.8) is 0 Å². The molecule has 92 valence electrons. The van der Waals surface area contributed by atoms with Crippen LogP contribution >= 0.6 is 0 Å². The predicted molar refractivity (Wildman–Crippen MR) is 63.4 cm³/mol. The van der Waals surface area contributed by atoms with Crippen molar-refractivity contribution in [2.45, 2.75) is 13.8 Å². The first-order valence-electron chi connectivity index (χ1n) is 5.18. The third-order valence-corrected chi connectivity index (χ3v) is 2.36. The highest BCUT2D eigenvalue weighted by atomic mass is 16.5. The Morgan fingerprint density at radius 3 is 2.47 bits per heavy atom. The van der Waals surface area contributed by atoms with E-state index in [0.717, 1.165) is 6.29 Å². The molecule has 0 fully saturated rings. The zero-order valence-electron chi connectivity index (χ0n) is 9.90. The Morgan fingerprint density at radius 2 is 2.00 bits per heavy atom. The summed E-state index contributed by atoms with van der Waals surface area (Å²) in [4.78, 5) is 21.8. The van der Waals surface area contributed by atoms with Gasteiger partial charge in [0.15, 0.2) is 0 Å². The molecule has 3 N–H and O–H groups in total. The molecular formula is C12H16N2O3. The van der Waals surface area contributed by atoms with E-state index in [1.807, 2.05) is 0 Å². The van der Waals surface area contributed by atoms with Crippen LogP contribution in [0.1, 0.15) is 24.2 Å². The van der Waals surface area contributed by atoms with Crippen molar-refractivity contribution in [1.82, 2.24) is 5.43 Å². The minimum Gasteiger partial charge on any atom is -0.492 e. The van der Waals surface area contributed by atoms with E-state index in [2.05, 4.69) is 5.43 Å². The van der Waals surface area contributed by atoms with E-state index in [-0.39, 0.29) is 12.5 Å². The number of benzene rings is 1. The summed E-state index contributed by atoms with van der Waals surface area (Å²) in [5.41, 5.74) is 1.96. The summed E-state index contributed by atoms with van der Waals surface area (Å²) in [5.74, 6) is 5.39. The third kappa shape index (κ3) is 3.57. The van der Waals surface area contributed by atoms with Crippen LogP contribution in [0.2, 0.25) is 0 Å². The molecule has 0 aromatic heterocycles. The van der Waals surface area contributed by atoms with Crippen LogP contribution in [0.25, 0.3) is 0 Å². The van der Waals surface area contributed by atoms with Crippen LogP contribution in [0.4, 0.5) is 0 Å². The molecule has 1 aromatic rings.